The monoisotopic (exact) mass is 433 g/mol. The number of guanidine groups is 1. The fraction of sp³-hybridized carbons (Fsp3) is 0.652. The second-order valence-electron chi connectivity index (χ2n) is 7.72. The van der Waals surface area contributed by atoms with E-state index in [0.717, 1.165) is 57.0 Å². The van der Waals surface area contributed by atoms with Crippen molar-refractivity contribution in [1.82, 2.24) is 20.9 Å². The lowest BCUT2D eigenvalue weighted by molar-refractivity contribution is -0.120. The molecule has 0 bridgehead atoms. The van der Waals surface area contributed by atoms with Crippen LogP contribution in [0.4, 0.5) is 0 Å². The first-order chi connectivity index (χ1) is 15.1. The number of rotatable bonds is 11. The van der Waals surface area contributed by atoms with E-state index in [9.17, 15) is 4.79 Å². The molecule has 2 rings (SSSR count). The Morgan fingerprint density at radius 1 is 1.13 bits per heavy atom. The second kappa shape index (κ2) is 13.9. The number of carbonyl (C=O) groups is 1. The zero-order chi connectivity index (χ0) is 22.5. The van der Waals surface area contributed by atoms with Crippen LogP contribution in [0.3, 0.4) is 0 Å². The summed E-state index contributed by atoms with van der Waals surface area (Å²) in [5.41, 5.74) is 1.02. The maximum Gasteiger partial charge on any atom is 0.239 e. The zero-order valence-electron chi connectivity index (χ0n) is 19.4. The number of hydrogen-bond donors (Lipinski definition) is 3. The zero-order valence-corrected chi connectivity index (χ0v) is 19.4. The predicted molar refractivity (Wildman–Crippen MR) is 124 cm³/mol. The van der Waals surface area contributed by atoms with Gasteiger partial charge in [0.25, 0.3) is 0 Å². The number of nitrogens with one attached hydrogen (secondary N) is 3. The van der Waals surface area contributed by atoms with Crippen LogP contribution in [-0.2, 0) is 16.1 Å². The SMILES string of the molecule is CCC(CC)C(CNC(=NC)NCC(=O)NCc1ccc(OC)cc1)N1CCOCC1. The third-order valence-electron chi connectivity index (χ3n) is 5.87. The molecule has 0 radical (unpaired) electrons. The number of morpholine rings is 1. The average Bonchev–Trinajstić information content (AvgIpc) is 2.83. The molecule has 1 fully saturated rings. The molecule has 0 aromatic heterocycles. The van der Waals surface area contributed by atoms with Crippen molar-refractivity contribution in [3.63, 3.8) is 0 Å². The molecular formula is C23H39N5O3. The highest BCUT2D eigenvalue weighted by Gasteiger charge is 2.27. The molecule has 3 N–H and O–H groups in total. The Bertz CT molecular complexity index is 670. The number of methoxy groups -OCH3 is 1. The van der Waals surface area contributed by atoms with Crippen LogP contribution < -0.4 is 20.7 Å². The van der Waals surface area contributed by atoms with Crippen molar-refractivity contribution in [2.45, 2.75) is 39.3 Å². The van der Waals surface area contributed by atoms with E-state index in [1.54, 1.807) is 14.2 Å². The van der Waals surface area contributed by atoms with Crippen molar-refractivity contribution in [1.29, 1.82) is 0 Å². The van der Waals surface area contributed by atoms with Gasteiger partial charge in [0, 0.05) is 39.3 Å². The van der Waals surface area contributed by atoms with Crippen molar-refractivity contribution in [2.75, 3.05) is 53.6 Å². The molecule has 1 amide bonds. The van der Waals surface area contributed by atoms with Gasteiger partial charge in [-0.3, -0.25) is 14.7 Å². The molecule has 1 unspecified atom stereocenters. The van der Waals surface area contributed by atoms with Gasteiger partial charge in [0.15, 0.2) is 5.96 Å². The summed E-state index contributed by atoms with van der Waals surface area (Å²) in [4.78, 5) is 19.0. The van der Waals surface area contributed by atoms with Gasteiger partial charge >= 0.3 is 0 Å². The molecule has 8 nitrogen and oxygen atoms in total. The molecule has 1 aliphatic heterocycles. The van der Waals surface area contributed by atoms with Gasteiger partial charge in [0.1, 0.15) is 5.75 Å². The molecular weight excluding hydrogens is 394 g/mol. The van der Waals surface area contributed by atoms with Crippen molar-refractivity contribution in [2.24, 2.45) is 10.9 Å². The number of hydrogen-bond acceptors (Lipinski definition) is 5. The van der Waals surface area contributed by atoms with Crippen LogP contribution in [0.25, 0.3) is 0 Å². The van der Waals surface area contributed by atoms with Gasteiger partial charge in [0.05, 0.1) is 26.9 Å². The number of ether oxygens (including phenoxy) is 2. The highest BCUT2D eigenvalue weighted by Crippen LogP contribution is 2.19. The molecule has 1 aromatic rings. The number of nitrogens with zero attached hydrogens (tertiary/aromatic N) is 2. The fourth-order valence-corrected chi connectivity index (χ4v) is 3.93. The van der Waals surface area contributed by atoms with E-state index in [0.29, 0.717) is 24.5 Å². The van der Waals surface area contributed by atoms with Crippen molar-refractivity contribution < 1.29 is 14.3 Å². The van der Waals surface area contributed by atoms with Crippen LogP contribution in [0.2, 0.25) is 0 Å². The number of benzene rings is 1. The Kier molecular flexibility index (Phi) is 11.2. The van der Waals surface area contributed by atoms with Crippen molar-refractivity contribution in [3.8, 4) is 5.75 Å². The highest BCUT2D eigenvalue weighted by atomic mass is 16.5. The summed E-state index contributed by atoms with van der Waals surface area (Å²) < 4.78 is 10.7. The minimum absolute atomic E-state index is 0.0801. The van der Waals surface area contributed by atoms with E-state index in [-0.39, 0.29) is 12.5 Å². The lowest BCUT2D eigenvalue weighted by Crippen LogP contribution is -2.53. The molecule has 0 saturated carbocycles. The van der Waals surface area contributed by atoms with Crippen LogP contribution in [-0.4, -0.2) is 76.4 Å². The molecule has 8 heteroatoms. The number of amides is 1. The van der Waals surface area contributed by atoms with Gasteiger partial charge in [-0.05, 0) is 23.6 Å². The average molecular weight is 434 g/mol. The third kappa shape index (κ3) is 8.38. The van der Waals surface area contributed by atoms with E-state index in [1.807, 2.05) is 24.3 Å². The van der Waals surface area contributed by atoms with Crippen LogP contribution in [0, 0.1) is 5.92 Å². The molecule has 1 heterocycles. The van der Waals surface area contributed by atoms with Crippen LogP contribution in [0.5, 0.6) is 5.75 Å². The predicted octanol–water partition coefficient (Wildman–Crippen LogP) is 1.61. The van der Waals surface area contributed by atoms with Crippen LogP contribution in [0.15, 0.2) is 29.3 Å². The molecule has 1 aromatic carbocycles. The van der Waals surface area contributed by atoms with Gasteiger partial charge in [-0.25, -0.2) is 0 Å². The summed E-state index contributed by atoms with van der Waals surface area (Å²) in [6, 6.07) is 8.07. The van der Waals surface area contributed by atoms with E-state index in [1.165, 1.54) is 0 Å². The quantitative estimate of drug-likeness (QED) is 0.363. The molecule has 0 spiro atoms. The first-order valence-corrected chi connectivity index (χ1v) is 11.3. The Morgan fingerprint density at radius 2 is 1.81 bits per heavy atom. The first-order valence-electron chi connectivity index (χ1n) is 11.3. The molecule has 1 atom stereocenters. The standard InChI is InChI=1S/C23H39N5O3/c1-5-19(6-2)21(28-11-13-31-14-12-28)16-26-23(24-3)27-17-22(29)25-15-18-7-9-20(30-4)10-8-18/h7-10,19,21H,5-6,11-17H2,1-4H3,(H,25,29)(H2,24,26,27). The van der Waals surface area contributed by atoms with Gasteiger partial charge in [-0.1, -0.05) is 38.8 Å². The van der Waals surface area contributed by atoms with Gasteiger partial charge < -0.3 is 25.4 Å². The van der Waals surface area contributed by atoms with Gasteiger partial charge in [-0.15, -0.1) is 0 Å². The van der Waals surface area contributed by atoms with Crippen LogP contribution >= 0.6 is 0 Å². The Hall–Kier alpha value is -2.32. The number of aliphatic imine (C=N–C) groups is 1. The normalized spacial score (nSPS) is 16.1. The maximum absolute atomic E-state index is 12.2. The van der Waals surface area contributed by atoms with E-state index in [2.05, 4.69) is 39.7 Å². The molecule has 174 valence electrons. The summed E-state index contributed by atoms with van der Waals surface area (Å²) >= 11 is 0. The van der Waals surface area contributed by atoms with Crippen LogP contribution in [0.1, 0.15) is 32.3 Å². The van der Waals surface area contributed by atoms with Crippen molar-refractivity contribution in [3.05, 3.63) is 29.8 Å². The number of carbonyl (C=O) groups excluding carboxylic acids is 1. The highest BCUT2D eigenvalue weighted by molar-refractivity contribution is 5.86. The second-order valence-corrected chi connectivity index (χ2v) is 7.72. The largest absolute Gasteiger partial charge is 0.497 e. The fourth-order valence-electron chi connectivity index (χ4n) is 3.93. The van der Waals surface area contributed by atoms with E-state index < -0.39 is 0 Å². The maximum atomic E-state index is 12.2. The van der Waals surface area contributed by atoms with Crippen molar-refractivity contribution >= 4 is 11.9 Å². The topological polar surface area (TPSA) is 87.2 Å². The Morgan fingerprint density at radius 3 is 2.39 bits per heavy atom. The summed E-state index contributed by atoms with van der Waals surface area (Å²) in [6.07, 6.45) is 2.28. The van der Waals surface area contributed by atoms with Gasteiger partial charge in [0.2, 0.25) is 5.91 Å². The lowest BCUT2D eigenvalue weighted by atomic mass is 9.92. The Labute approximate surface area is 186 Å². The lowest BCUT2D eigenvalue weighted by Gasteiger charge is -2.39. The molecule has 1 saturated heterocycles. The molecule has 31 heavy (non-hydrogen) atoms. The summed E-state index contributed by atoms with van der Waals surface area (Å²) in [5, 5.41) is 9.46. The minimum atomic E-state index is -0.0801. The summed E-state index contributed by atoms with van der Waals surface area (Å²) in [6.45, 7) is 9.44. The van der Waals surface area contributed by atoms with E-state index >= 15 is 0 Å². The Balaban J connectivity index is 1.79. The molecule has 0 aliphatic carbocycles. The summed E-state index contributed by atoms with van der Waals surface area (Å²) in [7, 11) is 3.36. The third-order valence-corrected chi connectivity index (χ3v) is 5.87. The molecule has 1 aliphatic rings. The smallest absolute Gasteiger partial charge is 0.239 e. The first kappa shape index (κ1) is 24.9. The van der Waals surface area contributed by atoms with Gasteiger partial charge in [-0.2, -0.15) is 0 Å². The summed E-state index contributed by atoms with van der Waals surface area (Å²) in [5.74, 6) is 1.97. The minimum Gasteiger partial charge on any atom is -0.497 e. The van der Waals surface area contributed by atoms with E-state index in [4.69, 9.17) is 9.47 Å².